The Bertz CT molecular complexity index is 815. The molecule has 0 aromatic rings. The van der Waals surface area contributed by atoms with Crippen LogP contribution >= 0.6 is 0 Å². The van der Waals surface area contributed by atoms with Crippen molar-refractivity contribution in [2.75, 3.05) is 13.2 Å². The van der Waals surface area contributed by atoms with Crippen LogP contribution in [-0.4, -0.2) is 67.3 Å². The Hall–Kier alpha value is -2.34. The first-order valence-electron chi connectivity index (χ1n) is 6.80. The molecule has 0 heterocycles. The largest absolute Gasteiger partial charge is 0.468 e. The molecular weight excluding hydrogens is 472 g/mol. The number of carbonyl (C=O) groups excluding carboxylic acids is 3. The summed E-state index contributed by atoms with van der Waals surface area (Å²) in [6, 6.07) is 0. The molecule has 0 aliphatic heterocycles. The highest BCUT2D eigenvalue weighted by Crippen LogP contribution is 2.39. The third-order valence-electron chi connectivity index (χ3n) is 2.69. The monoisotopic (exact) mass is 482 g/mol. The fourth-order valence-electron chi connectivity index (χ4n) is 1.22. The standard InChI is InChI=1S/C12H10F8O9S/c1-5(21)3-27-8(23)10(12(18,19)20,28-4-9(13,14)30(24,25)26)29-7(22)6(2)11(15,16)17/h2-4H2,1H3,(H,24,25,26). The van der Waals surface area contributed by atoms with Crippen LogP contribution < -0.4 is 0 Å². The van der Waals surface area contributed by atoms with E-state index in [2.05, 4.69) is 20.8 Å². The summed E-state index contributed by atoms with van der Waals surface area (Å²) >= 11 is 0. The number of rotatable bonds is 9. The SMILES string of the molecule is C=C(C(=O)OC(OCC(F)(F)S(=O)(=O)O)(C(=O)OCC(C)=O)C(F)(F)F)C(F)(F)F. The summed E-state index contributed by atoms with van der Waals surface area (Å²) in [4.78, 5) is 33.8. The molecule has 0 bridgehead atoms. The fourth-order valence-corrected chi connectivity index (χ4v) is 1.42. The van der Waals surface area contributed by atoms with Gasteiger partial charge in [0.15, 0.2) is 5.78 Å². The molecule has 18 heteroatoms. The van der Waals surface area contributed by atoms with Crippen molar-refractivity contribution >= 4 is 27.8 Å². The molecule has 1 atom stereocenters. The summed E-state index contributed by atoms with van der Waals surface area (Å²) in [6.07, 6.45) is -12.2. The lowest BCUT2D eigenvalue weighted by Crippen LogP contribution is -2.60. The predicted octanol–water partition coefficient (Wildman–Crippen LogP) is 1.54. The topological polar surface area (TPSA) is 133 Å². The summed E-state index contributed by atoms with van der Waals surface area (Å²) in [7, 11) is -6.46. The molecule has 0 radical (unpaired) electrons. The smallest absolute Gasteiger partial charge is 0.453 e. The lowest BCUT2D eigenvalue weighted by atomic mass is 10.2. The Morgan fingerprint density at radius 2 is 1.47 bits per heavy atom. The van der Waals surface area contributed by atoms with Gasteiger partial charge in [0.05, 0.1) is 0 Å². The first-order chi connectivity index (χ1) is 13.1. The quantitative estimate of drug-likeness (QED) is 0.171. The van der Waals surface area contributed by atoms with Crippen molar-refractivity contribution in [3.63, 3.8) is 0 Å². The second kappa shape index (κ2) is 8.80. The molecule has 0 amide bonds. The van der Waals surface area contributed by atoms with Crippen molar-refractivity contribution in [2.24, 2.45) is 0 Å². The van der Waals surface area contributed by atoms with E-state index in [4.69, 9.17) is 4.55 Å². The molecule has 0 aliphatic carbocycles. The molecule has 0 aromatic heterocycles. The number of alkyl halides is 8. The summed E-state index contributed by atoms with van der Waals surface area (Å²) in [5.41, 5.74) is -2.65. The van der Waals surface area contributed by atoms with E-state index in [-0.39, 0.29) is 0 Å². The van der Waals surface area contributed by atoms with Gasteiger partial charge in [-0.15, -0.1) is 0 Å². The Kier molecular flexibility index (Phi) is 8.11. The second-order valence-electron chi connectivity index (χ2n) is 5.16. The third-order valence-corrected chi connectivity index (χ3v) is 3.57. The molecule has 0 rings (SSSR count). The number of ether oxygens (including phenoxy) is 3. The zero-order chi connectivity index (χ0) is 24.3. The maximum atomic E-state index is 13.4. The van der Waals surface area contributed by atoms with Gasteiger partial charge in [0.25, 0.3) is 0 Å². The fraction of sp³-hybridized carbons (Fsp3) is 0.583. The summed E-state index contributed by atoms with van der Waals surface area (Å²) in [5.74, 6) is -12.6. The Labute approximate surface area is 161 Å². The normalized spacial score (nSPS) is 15.1. The van der Waals surface area contributed by atoms with Gasteiger partial charge in [-0.1, -0.05) is 6.58 Å². The molecule has 0 aromatic carbocycles. The van der Waals surface area contributed by atoms with Crippen LogP contribution in [0.2, 0.25) is 0 Å². The molecule has 30 heavy (non-hydrogen) atoms. The Balaban J connectivity index is 6.35. The van der Waals surface area contributed by atoms with Gasteiger partial charge in [-0.2, -0.15) is 43.5 Å². The molecule has 9 nitrogen and oxygen atoms in total. The van der Waals surface area contributed by atoms with Crippen molar-refractivity contribution in [3.05, 3.63) is 12.2 Å². The van der Waals surface area contributed by atoms with Gasteiger partial charge in [0.1, 0.15) is 18.8 Å². The highest BCUT2D eigenvalue weighted by Gasteiger charge is 2.69. The average Bonchev–Trinajstić information content (AvgIpc) is 2.52. The highest BCUT2D eigenvalue weighted by molar-refractivity contribution is 7.86. The average molecular weight is 482 g/mol. The molecule has 0 saturated carbocycles. The van der Waals surface area contributed by atoms with Crippen LogP contribution in [0.25, 0.3) is 0 Å². The van der Waals surface area contributed by atoms with Crippen molar-refractivity contribution in [3.8, 4) is 0 Å². The minimum absolute atomic E-state index is 0.646. The number of hydrogen-bond acceptors (Lipinski definition) is 8. The minimum atomic E-state index is -6.46. The van der Waals surface area contributed by atoms with Crippen LogP contribution in [0.4, 0.5) is 35.1 Å². The van der Waals surface area contributed by atoms with E-state index in [9.17, 15) is 57.9 Å². The number of carbonyl (C=O) groups is 3. The van der Waals surface area contributed by atoms with Gasteiger partial charge in [-0.3, -0.25) is 9.35 Å². The number of esters is 2. The molecule has 0 aliphatic rings. The van der Waals surface area contributed by atoms with E-state index in [1.807, 2.05) is 0 Å². The molecular formula is C12H10F8O9S. The first kappa shape index (κ1) is 27.7. The molecule has 0 fully saturated rings. The lowest BCUT2D eigenvalue weighted by molar-refractivity contribution is -0.360. The van der Waals surface area contributed by atoms with Gasteiger partial charge in [0, 0.05) is 0 Å². The van der Waals surface area contributed by atoms with Crippen LogP contribution in [0.1, 0.15) is 6.92 Å². The maximum absolute atomic E-state index is 13.4. The van der Waals surface area contributed by atoms with E-state index >= 15 is 0 Å². The maximum Gasteiger partial charge on any atom is 0.468 e. The van der Waals surface area contributed by atoms with Gasteiger partial charge < -0.3 is 14.2 Å². The minimum Gasteiger partial charge on any atom is -0.453 e. The van der Waals surface area contributed by atoms with E-state index in [0.29, 0.717) is 6.92 Å². The Morgan fingerprint density at radius 1 is 1.00 bits per heavy atom. The van der Waals surface area contributed by atoms with Crippen LogP contribution in [0.15, 0.2) is 12.2 Å². The number of Topliss-reactive ketones (excluding diaryl/α,β-unsaturated/α-hetero) is 1. The van der Waals surface area contributed by atoms with Crippen LogP contribution in [0.5, 0.6) is 0 Å². The third kappa shape index (κ3) is 6.59. The van der Waals surface area contributed by atoms with Crippen molar-refractivity contribution < 1.29 is 76.7 Å². The second-order valence-corrected chi connectivity index (χ2v) is 6.71. The van der Waals surface area contributed by atoms with Crippen molar-refractivity contribution in [1.29, 1.82) is 0 Å². The number of ketones is 1. The van der Waals surface area contributed by atoms with Crippen LogP contribution in [0.3, 0.4) is 0 Å². The molecule has 0 spiro atoms. The van der Waals surface area contributed by atoms with E-state index < -0.39 is 70.0 Å². The zero-order valence-corrected chi connectivity index (χ0v) is 15.1. The lowest BCUT2D eigenvalue weighted by Gasteiger charge is -2.33. The van der Waals surface area contributed by atoms with E-state index in [1.165, 1.54) is 0 Å². The number of halogens is 8. The summed E-state index contributed by atoms with van der Waals surface area (Å²) < 4.78 is 144. The summed E-state index contributed by atoms with van der Waals surface area (Å²) in [5, 5.41) is -5.56. The van der Waals surface area contributed by atoms with Gasteiger partial charge >= 0.3 is 45.5 Å². The predicted molar refractivity (Wildman–Crippen MR) is 74.2 cm³/mol. The molecule has 1 N–H and O–H groups in total. The zero-order valence-electron chi connectivity index (χ0n) is 14.3. The van der Waals surface area contributed by atoms with Gasteiger partial charge in [-0.25, -0.2) is 9.59 Å². The van der Waals surface area contributed by atoms with Crippen LogP contribution in [0, 0.1) is 0 Å². The first-order valence-corrected chi connectivity index (χ1v) is 8.24. The Morgan fingerprint density at radius 3 is 1.80 bits per heavy atom. The van der Waals surface area contributed by atoms with Crippen LogP contribution in [-0.2, 0) is 38.7 Å². The van der Waals surface area contributed by atoms with Crippen molar-refractivity contribution in [1.82, 2.24) is 0 Å². The van der Waals surface area contributed by atoms with E-state index in [0.717, 1.165) is 0 Å². The molecule has 1 unspecified atom stereocenters. The van der Waals surface area contributed by atoms with Gasteiger partial charge in [-0.05, 0) is 6.92 Å². The van der Waals surface area contributed by atoms with Gasteiger partial charge in [0.2, 0.25) is 0 Å². The number of hydrogen-bond donors (Lipinski definition) is 1. The summed E-state index contributed by atoms with van der Waals surface area (Å²) in [6.45, 7) is -1.85. The molecule has 0 saturated heterocycles. The van der Waals surface area contributed by atoms with Crippen molar-refractivity contribution in [2.45, 2.75) is 30.3 Å². The molecule has 174 valence electrons. The highest BCUT2D eigenvalue weighted by atomic mass is 32.2. The van der Waals surface area contributed by atoms with E-state index in [1.54, 1.807) is 0 Å².